The van der Waals surface area contributed by atoms with Crippen molar-refractivity contribution in [2.45, 2.75) is 64.0 Å². The van der Waals surface area contributed by atoms with E-state index in [4.69, 9.17) is 10.5 Å². The van der Waals surface area contributed by atoms with Crippen LogP contribution in [0.5, 0.6) is 0 Å². The van der Waals surface area contributed by atoms with Gasteiger partial charge in [-0.25, -0.2) is 0 Å². The van der Waals surface area contributed by atoms with E-state index < -0.39 is 0 Å². The van der Waals surface area contributed by atoms with Crippen LogP contribution >= 0.6 is 0 Å². The van der Waals surface area contributed by atoms with E-state index in [0.29, 0.717) is 12.1 Å². The van der Waals surface area contributed by atoms with Crippen molar-refractivity contribution in [3.8, 4) is 0 Å². The van der Waals surface area contributed by atoms with E-state index in [-0.39, 0.29) is 0 Å². The third kappa shape index (κ3) is 4.63. The molecule has 2 N–H and O–H groups in total. The van der Waals surface area contributed by atoms with Crippen molar-refractivity contribution in [2.75, 3.05) is 6.61 Å². The normalized spacial score (nSPS) is 25.8. The van der Waals surface area contributed by atoms with Crippen molar-refractivity contribution in [3.63, 3.8) is 0 Å². The zero-order chi connectivity index (χ0) is 9.52. The summed E-state index contributed by atoms with van der Waals surface area (Å²) in [5.41, 5.74) is 6.01. The maximum Gasteiger partial charge on any atom is 0.0589 e. The molecule has 2 atom stereocenters. The van der Waals surface area contributed by atoms with Crippen LogP contribution in [0.4, 0.5) is 0 Å². The van der Waals surface area contributed by atoms with Gasteiger partial charge >= 0.3 is 0 Å². The van der Waals surface area contributed by atoms with Gasteiger partial charge in [-0.1, -0.05) is 19.8 Å². The molecule has 2 nitrogen and oxygen atoms in total. The first-order valence-electron chi connectivity index (χ1n) is 5.70. The average Bonchev–Trinajstić information content (AvgIpc) is 2.16. The van der Waals surface area contributed by atoms with Crippen LogP contribution in [0.3, 0.4) is 0 Å². The summed E-state index contributed by atoms with van der Waals surface area (Å²) in [5, 5.41) is 0. The molecular formula is C11H23NO. The van der Waals surface area contributed by atoms with Gasteiger partial charge in [-0.3, -0.25) is 0 Å². The topological polar surface area (TPSA) is 35.2 Å². The summed E-state index contributed by atoms with van der Waals surface area (Å²) >= 11 is 0. The second kappa shape index (κ2) is 6.39. The second-order valence-corrected chi connectivity index (χ2v) is 4.13. The lowest BCUT2D eigenvalue weighted by Crippen LogP contribution is -2.29. The van der Waals surface area contributed by atoms with Crippen LogP contribution in [0, 0.1) is 0 Å². The molecular weight excluding hydrogens is 162 g/mol. The molecule has 1 aliphatic heterocycles. The van der Waals surface area contributed by atoms with Crippen molar-refractivity contribution in [1.82, 2.24) is 0 Å². The van der Waals surface area contributed by atoms with E-state index in [1.54, 1.807) is 0 Å². The van der Waals surface area contributed by atoms with Crippen molar-refractivity contribution in [2.24, 2.45) is 5.73 Å². The van der Waals surface area contributed by atoms with Crippen LogP contribution in [0.1, 0.15) is 51.9 Å². The van der Waals surface area contributed by atoms with E-state index in [0.717, 1.165) is 19.4 Å². The maximum absolute atomic E-state index is 6.01. The molecule has 2 heteroatoms. The molecule has 1 fully saturated rings. The van der Waals surface area contributed by atoms with E-state index >= 15 is 0 Å². The standard InChI is InChI=1S/C11H23NO/c1-2-3-6-10(12)9-11-7-4-5-8-13-11/h10-11H,2-9,12H2,1H3. The minimum Gasteiger partial charge on any atom is -0.378 e. The third-order valence-electron chi connectivity index (χ3n) is 2.77. The molecule has 1 heterocycles. The molecule has 2 unspecified atom stereocenters. The zero-order valence-corrected chi connectivity index (χ0v) is 8.80. The molecule has 0 radical (unpaired) electrons. The van der Waals surface area contributed by atoms with E-state index in [2.05, 4.69) is 6.92 Å². The first-order valence-corrected chi connectivity index (χ1v) is 5.70. The molecule has 1 saturated heterocycles. The molecule has 0 aromatic carbocycles. The molecule has 1 aliphatic rings. The number of nitrogens with two attached hydrogens (primary N) is 1. The van der Waals surface area contributed by atoms with Gasteiger partial charge in [0.1, 0.15) is 0 Å². The molecule has 13 heavy (non-hydrogen) atoms. The fraction of sp³-hybridized carbons (Fsp3) is 1.00. The van der Waals surface area contributed by atoms with Gasteiger partial charge in [0, 0.05) is 12.6 Å². The summed E-state index contributed by atoms with van der Waals surface area (Å²) in [6, 6.07) is 0.364. The Hall–Kier alpha value is -0.0800. The van der Waals surface area contributed by atoms with Gasteiger partial charge in [0.05, 0.1) is 6.10 Å². The van der Waals surface area contributed by atoms with Crippen LogP contribution in [0.15, 0.2) is 0 Å². The monoisotopic (exact) mass is 185 g/mol. The summed E-state index contributed by atoms with van der Waals surface area (Å²) in [6.07, 6.45) is 8.98. The van der Waals surface area contributed by atoms with Gasteiger partial charge in [0.2, 0.25) is 0 Å². The summed E-state index contributed by atoms with van der Waals surface area (Å²) < 4.78 is 5.65. The van der Waals surface area contributed by atoms with Gasteiger partial charge in [-0.05, 0) is 32.1 Å². The predicted octanol–water partition coefficient (Wildman–Crippen LogP) is 2.46. The highest BCUT2D eigenvalue weighted by Gasteiger charge is 2.16. The second-order valence-electron chi connectivity index (χ2n) is 4.13. The minimum atomic E-state index is 0.364. The van der Waals surface area contributed by atoms with Gasteiger partial charge in [-0.15, -0.1) is 0 Å². The highest BCUT2D eigenvalue weighted by atomic mass is 16.5. The van der Waals surface area contributed by atoms with Crippen LogP contribution < -0.4 is 5.73 Å². The first kappa shape index (κ1) is 11.0. The summed E-state index contributed by atoms with van der Waals surface area (Å²) in [5.74, 6) is 0. The van der Waals surface area contributed by atoms with Crippen LogP contribution in [-0.2, 0) is 4.74 Å². The Morgan fingerprint density at radius 3 is 2.92 bits per heavy atom. The van der Waals surface area contributed by atoms with Crippen LogP contribution in [-0.4, -0.2) is 18.8 Å². The lowest BCUT2D eigenvalue weighted by atomic mass is 9.99. The Balaban J connectivity index is 2.07. The van der Waals surface area contributed by atoms with Gasteiger partial charge in [-0.2, -0.15) is 0 Å². The number of hydrogen-bond donors (Lipinski definition) is 1. The highest BCUT2D eigenvalue weighted by Crippen LogP contribution is 2.17. The largest absolute Gasteiger partial charge is 0.378 e. The third-order valence-corrected chi connectivity index (χ3v) is 2.77. The van der Waals surface area contributed by atoms with E-state index in [9.17, 15) is 0 Å². The van der Waals surface area contributed by atoms with Gasteiger partial charge < -0.3 is 10.5 Å². The fourth-order valence-corrected chi connectivity index (χ4v) is 1.92. The van der Waals surface area contributed by atoms with Crippen molar-refractivity contribution >= 4 is 0 Å². The Morgan fingerprint density at radius 1 is 1.46 bits per heavy atom. The Bertz CT molecular complexity index is 121. The SMILES string of the molecule is CCCCC(N)CC1CCCCO1. The van der Waals surface area contributed by atoms with Crippen molar-refractivity contribution in [1.29, 1.82) is 0 Å². The van der Waals surface area contributed by atoms with E-state index in [1.807, 2.05) is 0 Å². The van der Waals surface area contributed by atoms with Crippen molar-refractivity contribution in [3.05, 3.63) is 0 Å². The molecule has 0 amide bonds. The van der Waals surface area contributed by atoms with Crippen molar-refractivity contribution < 1.29 is 4.74 Å². The molecule has 0 aliphatic carbocycles. The number of hydrogen-bond acceptors (Lipinski definition) is 2. The molecule has 0 aromatic heterocycles. The highest BCUT2D eigenvalue weighted by molar-refractivity contribution is 4.71. The molecule has 1 rings (SSSR count). The lowest BCUT2D eigenvalue weighted by molar-refractivity contribution is 0.00692. The first-order chi connectivity index (χ1) is 6.33. The Morgan fingerprint density at radius 2 is 2.31 bits per heavy atom. The quantitative estimate of drug-likeness (QED) is 0.714. The van der Waals surface area contributed by atoms with E-state index in [1.165, 1.54) is 32.1 Å². The molecule has 0 saturated carbocycles. The predicted molar refractivity (Wildman–Crippen MR) is 55.7 cm³/mol. The van der Waals surface area contributed by atoms with Gasteiger partial charge in [0.25, 0.3) is 0 Å². The zero-order valence-electron chi connectivity index (χ0n) is 8.80. The Kier molecular flexibility index (Phi) is 5.40. The molecule has 0 bridgehead atoms. The maximum atomic E-state index is 6.01. The van der Waals surface area contributed by atoms with Gasteiger partial charge in [0.15, 0.2) is 0 Å². The smallest absolute Gasteiger partial charge is 0.0589 e. The number of rotatable bonds is 5. The fourth-order valence-electron chi connectivity index (χ4n) is 1.92. The molecule has 78 valence electrons. The summed E-state index contributed by atoms with van der Waals surface area (Å²) in [7, 11) is 0. The molecule has 0 aromatic rings. The Labute approximate surface area is 81.8 Å². The lowest BCUT2D eigenvalue weighted by Gasteiger charge is -2.25. The van der Waals surface area contributed by atoms with Crippen LogP contribution in [0.25, 0.3) is 0 Å². The minimum absolute atomic E-state index is 0.364. The number of unbranched alkanes of at least 4 members (excludes halogenated alkanes) is 1. The summed E-state index contributed by atoms with van der Waals surface area (Å²) in [6.45, 7) is 3.16. The molecule has 0 spiro atoms. The summed E-state index contributed by atoms with van der Waals surface area (Å²) in [4.78, 5) is 0. The van der Waals surface area contributed by atoms with Crippen LogP contribution in [0.2, 0.25) is 0 Å². The average molecular weight is 185 g/mol. The number of ether oxygens (including phenoxy) is 1.